The van der Waals surface area contributed by atoms with Crippen LogP contribution in [-0.4, -0.2) is 24.4 Å². The molecule has 104 valence electrons. The number of nitrogens with one attached hydrogen (secondary N) is 1. The van der Waals surface area contributed by atoms with Gasteiger partial charge < -0.3 is 10.6 Å². The number of nitrogens with zero attached hydrogens (tertiary/aromatic N) is 2. The van der Waals surface area contributed by atoms with Crippen molar-refractivity contribution in [3.8, 4) is 0 Å². The predicted molar refractivity (Wildman–Crippen MR) is 80.0 cm³/mol. The van der Waals surface area contributed by atoms with Crippen molar-refractivity contribution < 1.29 is 0 Å². The van der Waals surface area contributed by atoms with Crippen LogP contribution in [0.4, 0.5) is 5.69 Å². The molecule has 1 aliphatic carbocycles. The van der Waals surface area contributed by atoms with Gasteiger partial charge in [-0.25, -0.2) is 0 Å². The largest absolute Gasteiger partial charge is 0.384 e. The van der Waals surface area contributed by atoms with Gasteiger partial charge >= 0.3 is 0 Å². The Balaban J connectivity index is 2.28. The van der Waals surface area contributed by atoms with Crippen molar-refractivity contribution in [2.45, 2.75) is 39.5 Å². The Bertz CT molecular complexity index is 475. The number of aryl methyl sites for hydroxylation is 2. The van der Waals surface area contributed by atoms with E-state index in [4.69, 9.17) is 11.1 Å². The monoisotopic (exact) mass is 260 g/mol. The first kappa shape index (κ1) is 13.8. The summed E-state index contributed by atoms with van der Waals surface area (Å²) in [4.78, 5) is 6.67. The molecule has 0 atom stereocenters. The van der Waals surface area contributed by atoms with Gasteiger partial charge in [-0.3, -0.25) is 10.4 Å². The molecule has 0 spiro atoms. The Kier molecular flexibility index (Phi) is 4.08. The van der Waals surface area contributed by atoms with Crippen molar-refractivity contribution in [3.63, 3.8) is 0 Å². The van der Waals surface area contributed by atoms with Crippen molar-refractivity contribution in [3.05, 3.63) is 23.0 Å². The summed E-state index contributed by atoms with van der Waals surface area (Å²) in [5, 5.41) is 7.78. The summed E-state index contributed by atoms with van der Waals surface area (Å²) >= 11 is 0. The van der Waals surface area contributed by atoms with Gasteiger partial charge in [0.05, 0.1) is 16.9 Å². The van der Waals surface area contributed by atoms with Gasteiger partial charge in [-0.2, -0.15) is 0 Å². The number of nitrogen functional groups attached to an aromatic ring is 1. The molecule has 1 aromatic heterocycles. The van der Waals surface area contributed by atoms with Crippen LogP contribution >= 0.6 is 0 Å². The van der Waals surface area contributed by atoms with Gasteiger partial charge in [0.25, 0.3) is 0 Å². The molecule has 2 rings (SSSR count). The summed E-state index contributed by atoms with van der Waals surface area (Å²) in [5.41, 5.74) is 9.39. The van der Waals surface area contributed by atoms with Crippen LogP contribution in [0.1, 0.15) is 42.6 Å². The number of anilines is 1. The summed E-state index contributed by atoms with van der Waals surface area (Å²) in [6, 6.07) is 2.04. The minimum Gasteiger partial charge on any atom is -0.384 e. The molecule has 1 aliphatic rings. The number of pyridine rings is 1. The molecule has 0 saturated heterocycles. The smallest absolute Gasteiger partial charge is 0.126 e. The average molecular weight is 260 g/mol. The van der Waals surface area contributed by atoms with Crippen LogP contribution in [0.25, 0.3) is 0 Å². The number of aromatic nitrogens is 1. The number of nitrogens with two attached hydrogens (primary N) is 1. The summed E-state index contributed by atoms with van der Waals surface area (Å²) in [6.07, 6.45) is 5.35. The van der Waals surface area contributed by atoms with Crippen molar-refractivity contribution in [1.29, 1.82) is 5.41 Å². The highest BCUT2D eigenvalue weighted by Gasteiger charge is 2.20. The fourth-order valence-corrected chi connectivity index (χ4v) is 3.12. The van der Waals surface area contributed by atoms with Crippen LogP contribution < -0.4 is 10.6 Å². The topological polar surface area (TPSA) is 66.0 Å². The Morgan fingerprint density at radius 2 is 2.05 bits per heavy atom. The SMILES string of the molecule is Cc1cc(N(C)CC2CCCC2)c(C(=N)N)c(C)n1. The third-order valence-electron chi connectivity index (χ3n) is 3.99. The molecule has 0 aliphatic heterocycles. The molecule has 4 heteroatoms. The van der Waals surface area contributed by atoms with E-state index in [9.17, 15) is 0 Å². The molecule has 1 fully saturated rings. The lowest BCUT2D eigenvalue weighted by Crippen LogP contribution is -2.28. The summed E-state index contributed by atoms with van der Waals surface area (Å²) in [6.45, 7) is 4.96. The third-order valence-corrected chi connectivity index (χ3v) is 3.99. The van der Waals surface area contributed by atoms with E-state index in [1.807, 2.05) is 19.9 Å². The summed E-state index contributed by atoms with van der Waals surface area (Å²) in [7, 11) is 2.10. The molecule has 0 bridgehead atoms. The summed E-state index contributed by atoms with van der Waals surface area (Å²) in [5.74, 6) is 0.886. The number of hydrogen-bond donors (Lipinski definition) is 2. The lowest BCUT2D eigenvalue weighted by atomic mass is 10.1. The first-order valence-corrected chi connectivity index (χ1v) is 7.03. The maximum absolute atomic E-state index is 7.78. The molecule has 3 N–H and O–H groups in total. The third kappa shape index (κ3) is 3.06. The molecule has 0 aromatic carbocycles. The highest BCUT2D eigenvalue weighted by atomic mass is 15.1. The standard InChI is InChI=1S/C15H24N4/c1-10-8-13(14(15(16)17)11(2)18-10)19(3)9-12-6-4-5-7-12/h8,12H,4-7,9H2,1-3H3,(H3,16,17). The van der Waals surface area contributed by atoms with E-state index in [1.165, 1.54) is 25.7 Å². The van der Waals surface area contributed by atoms with Gasteiger partial charge in [-0.05, 0) is 38.7 Å². The quantitative estimate of drug-likeness (QED) is 0.646. The van der Waals surface area contributed by atoms with Gasteiger partial charge in [0.2, 0.25) is 0 Å². The Hall–Kier alpha value is -1.58. The van der Waals surface area contributed by atoms with Crippen molar-refractivity contribution in [2.24, 2.45) is 11.7 Å². The molecule has 1 heterocycles. The number of amidine groups is 1. The fourth-order valence-electron chi connectivity index (χ4n) is 3.12. The molecule has 1 saturated carbocycles. The molecule has 0 radical (unpaired) electrons. The summed E-state index contributed by atoms with van der Waals surface area (Å²) < 4.78 is 0. The second-order valence-corrected chi connectivity index (χ2v) is 5.69. The van der Waals surface area contributed by atoms with Gasteiger partial charge in [-0.15, -0.1) is 0 Å². The predicted octanol–water partition coefficient (Wildman–Crippen LogP) is 2.61. The van der Waals surface area contributed by atoms with E-state index in [0.29, 0.717) is 0 Å². The molecular formula is C15H24N4. The average Bonchev–Trinajstić information content (AvgIpc) is 2.79. The first-order valence-electron chi connectivity index (χ1n) is 7.03. The molecular weight excluding hydrogens is 236 g/mol. The minimum absolute atomic E-state index is 0.110. The first-order chi connectivity index (χ1) is 8.99. The molecule has 0 unspecified atom stereocenters. The van der Waals surface area contributed by atoms with Gasteiger partial charge in [0.1, 0.15) is 5.84 Å². The van der Waals surface area contributed by atoms with Crippen LogP contribution in [-0.2, 0) is 0 Å². The van der Waals surface area contributed by atoms with E-state index < -0.39 is 0 Å². The van der Waals surface area contributed by atoms with Gasteiger partial charge in [-0.1, -0.05) is 12.8 Å². The lowest BCUT2D eigenvalue weighted by Gasteiger charge is -2.26. The highest BCUT2D eigenvalue weighted by molar-refractivity contribution is 6.01. The second kappa shape index (κ2) is 5.59. The van der Waals surface area contributed by atoms with Crippen molar-refractivity contribution in [1.82, 2.24) is 4.98 Å². The van der Waals surface area contributed by atoms with Gasteiger partial charge in [0, 0.05) is 19.3 Å². The number of hydrogen-bond acceptors (Lipinski definition) is 3. The van der Waals surface area contributed by atoms with E-state index >= 15 is 0 Å². The van der Waals surface area contributed by atoms with Gasteiger partial charge in [0.15, 0.2) is 0 Å². The van der Waals surface area contributed by atoms with Crippen LogP contribution in [0, 0.1) is 25.2 Å². The maximum Gasteiger partial charge on any atom is 0.126 e. The Morgan fingerprint density at radius 3 is 2.63 bits per heavy atom. The lowest BCUT2D eigenvalue weighted by molar-refractivity contribution is 0.547. The van der Waals surface area contributed by atoms with Crippen molar-refractivity contribution in [2.75, 3.05) is 18.5 Å². The Labute approximate surface area is 115 Å². The zero-order valence-corrected chi connectivity index (χ0v) is 12.2. The molecule has 4 nitrogen and oxygen atoms in total. The molecule has 1 aromatic rings. The zero-order chi connectivity index (χ0) is 14.0. The van der Waals surface area contributed by atoms with E-state index in [0.717, 1.165) is 35.1 Å². The van der Waals surface area contributed by atoms with Crippen LogP contribution in [0.2, 0.25) is 0 Å². The number of rotatable bonds is 4. The second-order valence-electron chi connectivity index (χ2n) is 5.69. The van der Waals surface area contributed by atoms with Crippen molar-refractivity contribution >= 4 is 11.5 Å². The normalized spacial score (nSPS) is 15.7. The van der Waals surface area contributed by atoms with Crippen LogP contribution in [0.3, 0.4) is 0 Å². The fraction of sp³-hybridized carbons (Fsp3) is 0.600. The van der Waals surface area contributed by atoms with E-state index in [-0.39, 0.29) is 5.84 Å². The van der Waals surface area contributed by atoms with E-state index in [2.05, 4.69) is 16.9 Å². The van der Waals surface area contributed by atoms with Crippen LogP contribution in [0.15, 0.2) is 6.07 Å². The zero-order valence-electron chi connectivity index (χ0n) is 12.2. The molecule has 19 heavy (non-hydrogen) atoms. The molecule has 0 amide bonds. The highest BCUT2D eigenvalue weighted by Crippen LogP contribution is 2.29. The minimum atomic E-state index is 0.110. The van der Waals surface area contributed by atoms with E-state index in [1.54, 1.807) is 0 Å². The maximum atomic E-state index is 7.78. The Morgan fingerprint density at radius 1 is 1.42 bits per heavy atom. The van der Waals surface area contributed by atoms with Crippen LogP contribution in [0.5, 0.6) is 0 Å².